The molecule has 0 spiro atoms. The number of aryl methyl sites for hydroxylation is 1. The molecule has 1 N–H and O–H groups in total. The Kier molecular flexibility index (Phi) is 7.73. The van der Waals surface area contributed by atoms with Crippen LogP contribution in [0.25, 0.3) is 0 Å². The van der Waals surface area contributed by atoms with E-state index in [-0.39, 0.29) is 5.91 Å². The molecule has 0 atom stereocenters. The van der Waals surface area contributed by atoms with Crippen LogP contribution >= 0.6 is 11.6 Å². The molecule has 0 saturated carbocycles. The molecule has 2 aromatic carbocycles. The third-order valence-electron chi connectivity index (χ3n) is 5.45. The maximum Gasteiger partial charge on any atom is 0.224 e. The number of hydrogen-bond donors (Lipinski definition) is 1. The predicted molar refractivity (Wildman–Crippen MR) is 112 cm³/mol. The number of nitrogens with zero attached hydrogens (tertiary/aromatic N) is 1. The molecular weight excluding hydrogens is 356 g/mol. The molecule has 1 saturated heterocycles. The van der Waals surface area contributed by atoms with Gasteiger partial charge < -0.3 is 10.2 Å². The van der Waals surface area contributed by atoms with E-state index in [9.17, 15) is 4.79 Å². The van der Waals surface area contributed by atoms with Gasteiger partial charge in [0.05, 0.1) is 6.42 Å². The van der Waals surface area contributed by atoms with Crippen molar-refractivity contribution in [2.24, 2.45) is 5.92 Å². The number of nitrogens with one attached hydrogen (secondary N) is 1. The van der Waals surface area contributed by atoms with Crippen LogP contribution in [0, 0.1) is 5.92 Å². The Labute approximate surface area is 167 Å². The molecule has 0 radical (unpaired) electrons. The van der Waals surface area contributed by atoms with Gasteiger partial charge in [0.2, 0.25) is 5.91 Å². The minimum atomic E-state index is 0.0425. The number of halogens is 1. The summed E-state index contributed by atoms with van der Waals surface area (Å²) in [6.45, 7) is 3.91. The zero-order valence-electron chi connectivity index (χ0n) is 15.9. The van der Waals surface area contributed by atoms with Gasteiger partial charge in [-0.2, -0.15) is 0 Å². The number of carbonyl (C=O) groups excluding carboxylic acids is 1. The van der Waals surface area contributed by atoms with Gasteiger partial charge in [0.25, 0.3) is 0 Å². The average Bonchev–Trinajstić information content (AvgIpc) is 2.70. The highest BCUT2D eigenvalue weighted by atomic mass is 35.5. The Balaban J connectivity index is 1.29. The summed E-state index contributed by atoms with van der Waals surface area (Å²) in [5, 5.41) is 3.68. The molecule has 2 aromatic rings. The van der Waals surface area contributed by atoms with E-state index >= 15 is 0 Å². The maximum atomic E-state index is 12.1. The van der Waals surface area contributed by atoms with Gasteiger partial charge in [0, 0.05) is 18.1 Å². The van der Waals surface area contributed by atoms with Crippen molar-refractivity contribution in [2.45, 2.75) is 32.1 Å². The lowest BCUT2D eigenvalue weighted by molar-refractivity contribution is -0.120. The van der Waals surface area contributed by atoms with Gasteiger partial charge in [-0.25, -0.2) is 0 Å². The topological polar surface area (TPSA) is 32.3 Å². The molecular formula is C23H29ClN2O. The van der Waals surface area contributed by atoms with Gasteiger partial charge in [-0.1, -0.05) is 60.1 Å². The fraction of sp³-hybridized carbons (Fsp3) is 0.435. The van der Waals surface area contributed by atoms with E-state index in [1.807, 2.05) is 24.3 Å². The van der Waals surface area contributed by atoms with E-state index in [2.05, 4.69) is 40.5 Å². The normalized spacial score (nSPS) is 15.6. The summed E-state index contributed by atoms with van der Waals surface area (Å²) in [5.41, 5.74) is 2.33. The summed E-state index contributed by atoms with van der Waals surface area (Å²) in [5.74, 6) is 0.872. The highest BCUT2D eigenvalue weighted by molar-refractivity contribution is 6.31. The number of carbonyl (C=O) groups is 1. The molecule has 27 heavy (non-hydrogen) atoms. The highest BCUT2D eigenvalue weighted by Crippen LogP contribution is 2.22. The van der Waals surface area contributed by atoms with Crippen LogP contribution in [-0.2, 0) is 17.6 Å². The van der Waals surface area contributed by atoms with Crippen molar-refractivity contribution < 1.29 is 4.79 Å². The monoisotopic (exact) mass is 384 g/mol. The van der Waals surface area contributed by atoms with Crippen LogP contribution in [0.15, 0.2) is 54.6 Å². The molecule has 0 bridgehead atoms. The van der Waals surface area contributed by atoms with Crippen LogP contribution < -0.4 is 5.32 Å². The van der Waals surface area contributed by atoms with Gasteiger partial charge >= 0.3 is 0 Å². The van der Waals surface area contributed by atoms with E-state index in [4.69, 9.17) is 11.6 Å². The van der Waals surface area contributed by atoms with Gasteiger partial charge in [-0.05, 0) is 61.9 Å². The van der Waals surface area contributed by atoms with E-state index in [0.29, 0.717) is 18.0 Å². The molecule has 0 aliphatic carbocycles. The lowest BCUT2D eigenvalue weighted by Gasteiger charge is -2.32. The smallest absolute Gasteiger partial charge is 0.224 e. The summed E-state index contributed by atoms with van der Waals surface area (Å²) in [6.07, 6.45) is 5.35. The molecule has 1 aliphatic heterocycles. The van der Waals surface area contributed by atoms with Crippen LogP contribution in [0.5, 0.6) is 0 Å². The van der Waals surface area contributed by atoms with Gasteiger partial charge in [0.1, 0.15) is 0 Å². The van der Waals surface area contributed by atoms with E-state index in [1.54, 1.807) is 0 Å². The van der Waals surface area contributed by atoms with Crippen molar-refractivity contribution in [3.8, 4) is 0 Å². The van der Waals surface area contributed by atoms with Crippen molar-refractivity contribution in [1.82, 2.24) is 10.2 Å². The Morgan fingerprint density at radius 2 is 1.74 bits per heavy atom. The molecule has 3 nitrogen and oxygen atoms in total. The fourth-order valence-corrected chi connectivity index (χ4v) is 3.95. The minimum absolute atomic E-state index is 0.0425. The quantitative estimate of drug-likeness (QED) is 0.734. The van der Waals surface area contributed by atoms with E-state index in [0.717, 1.165) is 31.1 Å². The fourth-order valence-electron chi connectivity index (χ4n) is 3.74. The minimum Gasteiger partial charge on any atom is -0.355 e. The number of benzene rings is 2. The number of amides is 1. The van der Waals surface area contributed by atoms with Crippen molar-refractivity contribution in [3.05, 3.63) is 70.7 Å². The molecule has 144 valence electrons. The van der Waals surface area contributed by atoms with Crippen LogP contribution in [0.3, 0.4) is 0 Å². The highest BCUT2D eigenvalue weighted by Gasteiger charge is 2.18. The second-order valence-corrected chi connectivity index (χ2v) is 7.83. The van der Waals surface area contributed by atoms with Crippen molar-refractivity contribution >= 4 is 17.5 Å². The lowest BCUT2D eigenvalue weighted by atomic mass is 9.90. The van der Waals surface area contributed by atoms with E-state index < -0.39 is 0 Å². The van der Waals surface area contributed by atoms with Crippen LogP contribution in [0.4, 0.5) is 0 Å². The van der Waals surface area contributed by atoms with Gasteiger partial charge in [-0.3, -0.25) is 4.79 Å². The average molecular weight is 385 g/mol. The van der Waals surface area contributed by atoms with Crippen LogP contribution in [0.2, 0.25) is 5.02 Å². The largest absolute Gasteiger partial charge is 0.355 e. The number of likely N-dealkylation sites (tertiary alicyclic amines) is 1. The first-order valence-electron chi connectivity index (χ1n) is 9.97. The van der Waals surface area contributed by atoms with Gasteiger partial charge in [-0.15, -0.1) is 0 Å². The van der Waals surface area contributed by atoms with Crippen LogP contribution in [0.1, 0.15) is 30.4 Å². The first-order valence-corrected chi connectivity index (χ1v) is 10.3. The summed E-state index contributed by atoms with van der Waals surface area (Å²) >= 11 is 6.11. The summed E-state index contributed by atoms with van der Waals surface area (Å²) < 4.78 is 0. The molecule has 0 aromatic heterocycles. The third kappa shape index (κ3) is 6.67. The van der Waals surface area contributed by atoms with Crippen molar-refractivity contribution in [3.63, 3.8) is 0 Å². The standard InChI is InChI=1S/C23H29ClN2O/c24-22-9-5-4-8-21(22)18-23(27)25-14-17-26-15-12-20(13-16-26)11-10-19-6-2-1-3-7-19/h1-9,20H,10-18H2,(H,25,27). The lowest BCUT2D eigenvalue weighted by Crippen LogP contribution is -2.40. The first-order chi connectivity index (χ1) is 13.2. The zero-order chi connectivity index (χ0) is 18.9. The zero-order valence-corrected chi connectivity index (χ0v) is 16.6. The Bertz CT molecular complexity index is 711. The molecule has 0 unspecified atom stereocenters. The summed E-state index contributed by atoms with van der Waals surface area (Å²) in [4.78, 5) is 14.6. The molecule has 1 fully saturated rings. The van der Waals surface area contributed by atoms with Crippen LogP contribution in [-0.4, -0.2) is 37.0 Å². The second kappa shape index (κ2) is 10.5. The predicted octanol–water partition coefficient (Wildman–Crippen LogP) is 4.34. The third-order valence-corrected chi connectivity index (χ3v) is 5.82. The van der Waals surface area contributed by atoms with Gasteiger partial charge in [0.15, 0.2) is 0 Å². The van der Waals surface area contributed by atoms with Crippen molar-refractivity contribution in [2.75, 3.05) is 26.2 Å². The molecule has 3 rings (SSSR count). The van der Waals surface area contributed by atoms with E-state index in [1.165, 1.54) is 31.2 Å². The Morgan fingerprint density at radius 3 is 2.48 bits per heavy atom. The SMILES string of the molecule is O=C(Cc1ccccc1Cl)NCCN1CCC(CCc2ccccc2)CC1. The van der Waals surface area contributed by atoms with Crippen molar-refractivity contribution in [1.29, 1.82) is 0 Å². The molecule has 4 heteroatoms. The number of hydrogen-bond acceptors (Lipinski definition) is 2. The first kappa shape index (κ1) is 19.9. The summed E-state index contributed by atoms with van der Waals surface area (Å²) in [7, 11) is 0. The second-order valence-electron chi connectivity index (χ2n) is 7.43. The molecule has 1 amide bonds. The Morgan fingerprint density at radius 1 is 1.04 bits per heavy atom. The molecule has 1 heterocycles. The number of rotatable bonds is 8. The summed E-state index contributed by atoms with van der Waals surface area (Å²) in [6, 6.07) is 18.3. The maximum absolute atomic E-state index is 12.1. The Hall–Kier alpha value is -1.84. The number of piperidine rings is 1. The molecule has 1 aliphatic rings.